The summed E-state index contributed by atoms with van der Waals surface area (Å²) in [6.45, 7) is 11.6. The molecule has 13 atom stereocenters. The predicted octanol–water partition coefficient (Wildman–Crippen LogP) is 4.24. The Bertz CT molecular complexity index is 639. The van der Waals surface area contributed by atoms with Crippen molar-refractivity contribution in [2.24, 2.45) is 58.2 Å². The molecule has 4 nitrogen and oxygen atoms in total. The van der Waals surface area contributed by atoms with Gasteiger partial charge in [0.1, 0.15) is 0 Å². The highest BCUT2D eigenvalue weighted by Gasteiger charge is 2.67. The van der Waals surface area contributed by atoms with Crippen LogP contribution < -0.4 is 0 Å². The molecule has 0 spiro atoms. The van der Waals surface area contributed by atoms with E-state index in [4.69, 9.17) is 0 Å². The third-order valence-corrected chi connectivity index (χ3v) is 11.3. The fourth-order valence-electron chi connectivity index (χ4n) is 9.76. The lowest BCUT2D eigenvalue weighted by Gasteiger charge is -2.65. The van der Waals surface area contributed by atoms with E-state index >= 15 is 0 Å². The summed E-state index contributed by atoms with van der Waals surface area (Å²) in [6.07, 6.45) is 6.82. The highest BCUT2D eigenvalue weighted by atomic mass is 16.3. The summed E-state index contributed by atoms with van der Waals surface area (Å²) in [4.78, 5) is 0. The molecule has 0 heterocycles. The molecule has 0 aromatic heterocycles. The van der Waals surface area contributed by atoms with Gasteiger partial charge in [0.15, 0.2) is 0 Å². The van der Waals surface area contributed by atoms with Gasteiger partial charge in [0.25, 0.3) is 0 Å². The molecule has 4 rings (SSSR count). The first-order valence-electron chi connectivity index (χ1n) is 13.2. The van der Waals surface area contributed by atoms with Gasteiger partial charge in [0.2, 0.25) is 0 Å². The van der Waals surface area contributed by atoms with E-state index in [0.717, 1.165) is 51.4 Å². The van der Waals surface area contributed by atoms with E-state index in [1.54, 1.807) is 0 Å². The third kappa shape index (κ3) is 3.54. The van der Waals surface area contributed by atoms with Crippen LogP contribution in [0.1, 0.15) is 86.0 Å². The summed E-state index contributed by atoms with van der Waals surface area (Å²) in [5.41, 5.74) is -0.0341. The Morgan fingerprint density at radius 1 is 0.935 bits per heavy atom. The van der Waals surface area contributed by atoms with Gasteiger partial charge < -0.3 is 20.4 Å². The van der Waals surface area contributed by atoms with Gasteiger partial charge in [-0.05, 0) is 103 Å². The van der Waals surface area contributed by atoms with E-state index in [-0.39, 0.29) is 47.6 Å². The van der Waals surface area contributed by atoms with Crippen LogP contribution in [0.4, 0.5) is 0 Å². The van der Waals surface area contributed by atoms with Gasteiger partial charge >= 0.3 is 0 Å². The van der Waals surface area contributed by atoms with Crippen LogP contribution in [-0.2, 0) is 0 Å². The van der Waals surface area contributed by atoms with Crippen LogP contribution >= 0.6 is 0 Å². The van der Waals surface area contributed by atoms with E-state index in [0.29, 0.717) is 35.5 Å². The minimum atomic E-state index is -0.326. The summed E-state index contributed by atoms with van der Waals surface area (Å²) < 4.78 is 0. The first kappa shape index (κ1) is 24.0. The molecule has 4 fully saturated rings. The van der Waals surface area contributed by atoms with Gasteiger partial charge in [0, 0.05) is 6.61 Å². The van der Waals surface area contributed by atoms with E-state index in [9.17, 15) is 20.4 Å². The Morgan fingerprint density at radius 2 is 1.65 bits per heavy atom. The summed E-state index contributed by atoms with van der Waals surface area (Å²) >= 11 is 0. The molecule has 0 bridgehead atoms. The van der Waals surface area contributed by atoms with Crippen molar-refractivity contribution in [1.82, 2.24) is 0 Å². The number of hydrogen-bond donors (Lipinski definition) is 4. The molecule has 0 aliphatic heterocycles. The maximum Gasteiger partial charge on any atom is 0.0605 e. The second-order valence-electron chi connectivity index (χ2n) is 12.7. The van der Waals surface area contributed by atoms with Crippen molar-refractivity contribution in [2.45, 2.75) is 104 Å². The van der Waals surface area contributed by atoms with Crippen LogP contribution in [0, 0.1) is 58.2 Å². The van der Waals surface area contributed by atoms with Crippen LogP contribution in [0.15, 0.2) is 0 Å². The fourth-order valence-corrected chi connectivity index (χ4v) is 9.76. The molecule has 4 aliphatic carbocycles. The lowest BCUT2D eigenvalue weighted by Crippen LogP contribution is -2.65. The molecule has 0 saturated heterocycles. The second-order valence-corrected chi connectivity index (χ2v) is 12.7. The van der Waals surface area contributed by atoms with Crippen molar-refractivity contribution in [3.8, 4) is 0 Å². The Labute approximate surface area is 189 Å². The average molecular weight is 437 g/mol. The van der Waals surface area contributed by atoms with Crippen molar-refractivity contribution in [3.63, 3.8) is 0 Å². The SMILES string of the molecule is CC[C@H]1[C@@H](O)[C@H]2C3CC[C@H]([C@H](C)C[C@H](C)CO)[C@@]3(C)[C@@H](O)CC2[C@@]2(C)CC[C@@H](O)C[C@@H]12. The number of aliphatic hydroxyl groups is 4. The Kier molecular flexibility index (Phi) is 6.62. The average Bonchev–Trinajstić information content (AvgIpc) is 3.09. The smallest absolute Gasteiger partial charge is 0.0605 e. The lowest BCUT2D eigenvalue weighted by atomic mass is 9.41. The van der Waals surface area contributed by atoms with E-state index in [1.807, 2.05) is 0 Å². The van der Waals surface area contributed by atoms with Crippen LogP contribution in [-0.4, -0.2) is 45.3 Å². The van der Waals surface area contributed by atoms with Crippen LogP contribution in [0.2, 0.25) is 0 Å². The zero-order chi connectivity index (χ0) is 22.7. The highest BCUT2D eigenvalue weighted by Crippen LogP contribution is 2.69. The molecule has 2 unspecified atom stereocenters. The van der Waals surface area contributed by atoms with E-state index < -0.39 is 0 Å². The Hall–Kier alpha value is -0.160. The minimum absolute atomic E-state index is 0.112. The molecule has 0 amide bonds. The summed E-state index contributed by atoms with van der Waals surface area (Å²) in [5, 5.41) is 43.5. The van der Waals surface area contributed by atoms with Crippen molar-refractivity contribution >= 4 is 0 Å². The number of aliphatic hydroxyl groups excluding tert-OH is 4. The lowest BCUT2D eigenvalue weighted by molar-refractivity contribution is -0.228. The molecule has 0 aromatic rings. The largest absolute Gasteiger partial charge is 0.396 e. The number of rotatable bonds is 5. The molecular formula is C27H48O4. The van der Waals surface area contributed by atoms with Crippen molar-refractivity contribution in [2.75, 3.05) is 6.61 Å². The topological polar surface area (TPSA) is 80.9 Å². The third-order valence-electron chi connectivity index (χ3n) is 11.3. The predicted molar refractivity (Wildman–Crippen MR) is 123 cm³/mol. The fraction of sp³-hybridized carbons (Fsp3) is 1.00. The summed E-state index contributed by atoms with van der Waals surface area (Å²) in [6, 6.07) is 0. The first-order valence-corrected chi connectivity index (χ1v) is 13.2. The van der Waals surface area contributed by atoms with Gasteiger partial charge in [0.05, 0.1) is 18.3 Å². The van der Waals surface area contributed by atoms with Gasteiger partial charge in [-0.1, -0.05) is 41.0 Å². The molecule has 4 aliphatic rings. The summed E-state index contributed by atoms with van der Waals surface area (Å²) in [7, 11) is 0. The molecule has 0 aromatic carbocycles. The van der Waals surface area contributed by atoms with Crippen molar-refractivity contribution in [3.05, 3.63) is 0 Å². The minimum Gasteiger partial charge on any atom is -0.396 e. The highest BCUT2D eigenvalue weighted by molar-refractivity contribution is 5.15. The normalized spacial score (nSPS) is 53.9. The molecule has 4 saturated carbocycles. The number of hydrogen-bond acceptors (Lipinski definition) is 4. The molecule has 4 N–H and O–H groups in total. The number of fused-ring (bicyclic) bond motifs is 5. The molecule has 0 radical (unpaired) electrons. The zero-order valence-corrected chi connectivity index (χ0v) is 20.5. The van der Waals surface area contributed by atoms with Gasteiger partial charge in [-0.2, -0.15) is 0 Å². The summed E-state index contributed by atoms with van der Waals surface area (Å²) in [5.74, 6) is 2.81. The van der Waals surface area contributed by atoms with Gasteiger partial charge in [-0.25, -0.2) is 0 Å². The van der Waals surface area contributed by atoms with E-state index in [1.165, 1.54) is 0 Å². The zero-order valence-electron chi connectivity index (χ0n) is 20.5. The Morgan fingerprint density at radius 3 is 2.29 bits per heavy atom. The van der Waals surface area contributed by atoms with Crippen LogP contribution in [0.3, 0.4) is 0 Å². The maximum atomic E-state index is 11.8. The molecular weight excluding hydrogens is 388 g/mol. The Balaban J connectivity index is 1.67. The van der Waals surface area contributed by atoms with Crippen LogP contribution in [0.5, 0.6) is 0 Å². The molecule has 31 heavy (non-hydrogen) atoms. The van der Waals surface area contributed by atoms with Crippen molar-refractivity contribution in [1.29, 1.82) is 0 Å². The molecule has 4 heteroatoms. The van der Waals surface area contributed by atoms with Crippen molar-refractivity contribution < 1.29 is 20.4 Å². The second kappa shape index (κ2) is 8.56. The van der Waals surface area contributed by atoms with Crippen LogP contribution in [0.25, 0.3) is 0 Å². The first-order chi connectivity index (χ1) is 14.6. The molecule has 180 valence electrons. The monoisotopic (exact) mass is 436 g/mol. The van der Waals surface area contributed by atoms with Gasteiger partial charge in [-0.15, -0.1) is 0 Å². The standard InChI is InChI=1S/C27H48O4/c1-6-18-21-12-17(29)9-10-26(21,4)22-13-23(30)27(5)19(16(3)11-15(2)14-28)7-8-20(27)24(22)25(18)31/h15-25,28-31H,6-14H2,1-5H3/t15-,16+,17+,18+,19+,20?,21-,22?,23-,24-,25+,26-,27+/m0/s1. The van der Waals surface area contributed by atoms with E-state index in [2.05, 4.69) is 34.6 Å². The maximum absolute atomic E-state index is 11.8. The van der Waals surface area contributed by atoms with Gasteiger partial charge in [-0.3, -0.25) is 0 Å². The quantitative estimate of drug-likeness (QED) is 0.520.